The fourth-order valence-corrected chi connectivity index (χ4v) is 3.67. The number of benzene rings is 1. The number of nitrogens with one attached hydrogen (secondary N) is 1. The van der Waals surface area contributed by atoms with E-state index in [1.165, 1.54) is 51.1 Å². The van der Waals surface area contributed by atoms with Crippen LogP contribution in [0.15, 0.2) is 24.3 Å². The number of likely N-dealkylation sites (tertiary alicyclic amines) is 1. The highest BCUT2D eigenvalue weighted by Gasteiger charge is 2.33. The highest BCUT2D eigenvalue weighted by molar-refractivity contribution is 5.30. The van der Waals surface area contributed by atoms with Crippen molar-refractivity contribution in [2.45, 2.75) is 25.7 Å². The van der Waals surface area contributed by atoms with E-state index < -0.39 is 0 Å². The summed E-state index contributed by atoms with van der Waals surface area (Å²) in [5, 5.41) is 3.50. The van der Waals surface area contributed by atoms with Crippen LogP contribution in [-0.4, -0.2) is 44.7 Å². The van der Waals surface area contributed by atoms with Crippen molar-refractivity contribution in [2.24, 2.45) is 5.41 Å². The predicted molar refractivity (Wildman–Crippen MR) is 82.4 cm³/mol. The molecule has 2 aliphatic heterocycles. The minimum atomic E-state index is 0.481. The minimum absolute atomic E-state index is 0.481. The van der Waals surface area contributed by atoms with Crippen LogP contribution >= 0.6 is 0 Å². The quantitative estimate of drug-likeness (QED) is 0.913. The first-order valence-corrected chi connectivity index (χ1v) is 7.76. The molecule has 3 heteroatoms. The van der Waals surface area contributed by atoms with Crippen molar-refractivity contribution in [3.05, 3.63) is 29.8 Å². The van der Waals surface area contributed by atoms with Gasteiger partial charge in [-0.3, -0.25) is 0 Å². The second-order valence-electron chi connectivity index (χ2n) is 6.73. The summed E-state index contributed by atoms with van der Waals surface area (Å²) in [5.74, 6) is 1.65. The average molecular weight is 274 g/mol. The van der Waals surface area contributed by atoms with Gasteiger partial charge in [0.05, 0.1) is 7.11 Å². The summed E-state index contributed by atoms with van der Waals surface area (Å²) in [6.07, 6.45) is 2.60. The first-order valence-electron chi connectivity index (χ1n) is 7.76. The molecule has 1 aromatic rings. The first-order chi connectivity index (χ1) is 9.68. The summed E-state index contributed by atoms with van der Waals surface area (Å²) in [7, 11) is 1.72. The molecule has 0 aromatic heterocycles. The maximum absolute atomic E-state index is 5.24. The van der Waals surface area contributed by atoms with Crippen LogP contribution in [-0.2, 0) is 0 Å². The lowest BCUT2D eigenvalue weighted by molar-refractivity contribution is 0.207. The molecular weight excluding hydrogens is 248 g/mol. The summed E-state index contributed by atoms with van der Waals surface area (Å²) in [6, 6.07) is 8.62. The van der Waals surface area contributed by atoms with Crippen LogP contribution in [0.2, 0.25) is 0 Å². The third kappa shape index (κ3) is 2.99. The van der Waals surface area contributed by atoms with Crippen LogP contribution in [0.4, 0.5) is 0 Å². The molecule has 0 bridgehead atoms. The van der Waals surface area contributed by atoms with Crippen molar-refractivity contribution < 1.29 is 4.74 Å². The lowest BCUT2D eigenvalue weighted by atomic mass is 9.89. The monoisotopic (exact) mass is 274 g/mol. The molecule has 20 heavy (non-hydrogen) atoms. The molecule has 2 heterocycles. The smallest absolute Gasteiger partial charge is 0.118 e. The molecule has 0 spiro atoms. The van der Waals surface area contributed by atoms with Crippen molar-refractivity contribution >= 4 is 0 Å². The topological polar surface area (TPSA) is 24.5 Å². The number of nitrogens with zero attached hydrogens (tertiary/aromatic N) is 1. The summed E-state index contributed by atoms with van der Waals surface area (Å²) in [6.45, 7) is 8.48. The predicted octanol–water partition coefficient (Wildman–Crippen LogP) is 2.48. The third-order valence-corrected chi connectivity index (χ3v) is 4.92. The molecule has 3 nitrogen and oxygen atoms in total. The van der Waals surface area contributed by atoms with Crippen molar-refractivity contribution in [3.8, 4) is 5.75 Å². The van der Waals surface area contributed by atoms with E-state index in [1.54, 1.807) is 7.11 Å². The maximum Gasteiger partial charge on any atom is 0.118 e. The summed E-state index contributed by atoms with van der Waals surface area (Å²) < 4.78 is 5.24. The minimum Gasteiger partial charge on any atom is -0.497 e. The molecule has 0 saturated carbocycles. The van der Waals surface area contributed by atoms with E-state index in [4.69, 9.17) is 4.74 Å². The van der Waals surface area contributed by atoms with Crippen LogP contribution in [0.5, 0.6) is 5.75 Å². The zero-order chi connectivity index (χ0) is 14.0. The number of ether oxygens (including phenoxy) is 1. The Morgan fingerprint density at radius 1 is 1.35 bits per heavy atom. The maximum atomic E-state index is 5.24. The second kappa shape index (κ2) is 5.74. The molecule has 2 aliphatic rings. The number of hydrogen-bond donors (Lipinski definition) is 1. The largest absolute Gasteiger partial charge is 0.497 e. The van der Waals surface area contributed by atoms with Crippen LogP contribution in [0, 0.1) is 5.41 Å². The molecule has 1 N–H and O–H groups in total. The van der Waals surface area contributed by atoms with Gasteiger partial charge in [-0.05, 0) is 55.0 Å². The van der Waals surface area contributed by atoms with Gasteiger partial charge in [-0.25, -0.2) is 0 Å². The van der Waals surface area contributed by atoms with E-state index in [9.17, 15) is 0 Å². The summed E-state index contributed by atoms with van der Waals surface area (Å²) in [5.41, 5.74) is 1.94. The highest BCUT2D eigenvalue weighted by Crippen LogP contribution is 2.32. The zero-order valence-electron chi connectivity index (χ0n) is 12.7. The van der Waals surface area contributed by atoms with E-state index in [-0.39, 0.29) is 0 Å². The molecule has 0 amide bonds. The van der Waals surface area contributed by atoms with Gasteiger partial charge < -0.3 is 15.0 Å². The lowest BCUT2D eigenvalue weighted by Crippen LogP contribution is -2.36. The molecule has 110 valence electrons. The van der Waals surface area contributed by atoms with Crippen molar-refractivity contribution in [1.29, 1.82) is 0 Å². The number of methoxy groups -OCH3 is 1. The van der Waals surface area contributed by atoms with Gasteiger partial charge in [0.25, 0.3) is 0 Å². The van der Waals surface area contributed by atoms with Gasteiger partial charge >= 0.3 is 0 Å². The van der Waals surface area contributed by atoms with Gasteiger partial charge in [0.1, 0.15) is 5.75 Å². The van der Waals surface area contributed by atoms with Crippen LogP contribution < -0.4 is 10.1 Å². The van der Waals surface area contributed by atoms with Gasteiger partial charge in [0.2, 0.25) is 0 Å². The fourth-order valence-electron chi connectivity index (χ4n) is 3.67. The Labute approximate surface area is 122 Å². The Balaban J connectivity index is 1.58. The first kappa shape index (κ1) is 13.9. The average Bonchev–Trinajstić information content (AvgIpc) is 3.09. The Morgan fingerprint density at radius 2 is 2.15 bits per heavy atom. The van der Waals surface area contributed by atoms with Crippen LogP contribution in [0.1, 0.15) is 31.2 Å². The van der Waals surface area contributed by atoms with Crippen molar-refractivity contribution in [2.75, 3.05) is 39.8 Å². The van der Waals surface area contributed by atoms with Gasteiger partial charge in [0, 0.05) is 19.6 Å². The van der Waals surface area contributed by atoms with Crippen molar-refractivity contribution in [1.82, 2.24) is 10.2 Å². The van der Waals surface area contributed by atoms with E-state index in [0.29, 0.717) is 11.3 Å². The van der Waals surface area contributed by atoms with E-state index in [1.807, 2.05) is 0 Å². The Hall–Kier alpha value is -1.06. The number of hydrogen-bond acceptors (Lipinski definition) is 3. The van der Waals surface area contributed by atoms with Gasteiger partial charge in [0.15, 0.2) is 0 Å². The fraction of sp³-hybridized carbons (Fsp3) is 0.647. The molecule has 2 saturated heterocycles. The molecule has 0 radical (unpaired) electrons. The van der Waals surface area contributed by atoms with E-state index in [2.05, 4.69) is 41.4 Å². The highest BCUT2D eigenvalue weighted by atomic mass is 16.5. The third-order valence-electron chi connectivity index (χ3n) is 4.92. The van der Waals surface area contributed by atoms with E-state index in [0.717, 1.165) is 5.75 Å². The standard InChI is InChI=1S/C17H26N2O/c1-17(8-9-18-12-17)13-19-10-7-15(11-19)14-3-5-16(20-2)6-4-14/h3-6,15,18H,7-13H2,1-2H3. The zero-order valence-corrected chi connectivity index (χ0v) is 12.7. The Bertz CT molecular complexity index is 437. The summed E-state index contributed by atoms with van der Waals surface area (Å²) >= 11 is 0. The Kier molecular flexibility index (Phi) is 3.99. The molecule has 2 atom stereocenters. The normalized spacial score (nSPS) is 30.8. The van der Waals surface area contributed by atoms with Gasteiger partial charge in [-0.15, -0.1) is 0 Å². The SMILES string of the molecule is COc1ccc(C2CCN(CC3(C)CCNC3)C2)cc1. The second-order valence-corrected chi connectivity index (χ2v) is 6.73. The van der Waals surface area contributed by atoms with Crippen LogP contribution in [0.25, 0.3) is 0 Å². The lowest BCUT2D eigenvalue weighted by Gasteiger charge is -2.29. The molecule has 1 aromatic carbocycles. The van der Waals surface area contributed by atoms with E-state index >= 15 is 0 Å². The molecule has 2 fully saturated rings. The van der Waals surface area contributed by atoms with Crippen molar-refractivity contribution in [3.63, 3.8) is 0 Å². The van der Waals surface area contributed by atoms with Gasteiger partial charge in [-0.2, -0.15) is 0 Å². The molecule has 0 aliphatic carbocycles. The molecule has 3 rings (SSSR count). The Morgan fingerprint density at radius 3 is 2.80 bits per heavy atom. The number of rotatable bonds is 4. The van der Waals surface area contributed by atoms with Crippen LogP contribution in [0.3, 0.4) is 0 Å². The molecule has 2 unspecified atom stereocenters. The van der Waals surface area contributed by atoms with Gasteiger partial charge in [-0.1, -0.05) is 19.1 Å². The molecular formula is C17H26N2O. The summed E-state index contributed by atoms with van der Waals surface area (Å²) in [4.78, 5) is 2.65.